The van der Waals surface area contributed by atoms with Crippen LogP contribution in [0, 0.1) is 6.92 Å². The smallest absolute Gasteiger partial charge is 0.270 e. The van der Waals surface area contributed by atoms with Crippen molar-refractivity contribution >= 4 is 5.91 Å². The van der Waals surface area contributed by atoms with Gasteiger partial charge in [-0.25, -0.2) is 4.98 Å². The molecule has 1 atom stereocenters. The molecule has 104 valence electrons. The van der Waals surface area contributed by atoms with Crippen LogP contribution in [0.15, 0.2) is 42.7 Å². The van der Waals surface area contributed by atoms with Gasteiger partial charge in [-0.2, -0.15) is 0 Å². The lowest BCUT2D eigenvalue weighted by Crippen LogP contribution is -2.34. The van der Waals surface area contributed by atoms with E-state index in [-0.39, 0.29) is 12.0 Å². The number of aryl methyl sites for hydroxylation is 1. The van der Waals surface area contributed by atoms with Crippen molar-refractivity contribution in [2.45, 2.75) is 20.0 Å². The fourth-order valence-electron chi connectivity index (χ4n) is 1.69. The van der Waals surface area contributed by atoms with Gasteiger partial charge in [-0.15, -0.1) is 0 Å². The number of aromatic nitrogens is 2. The van der Waals surface area contributed by atoms with Gasteiger partial charge in [-0.1, -0.05) is 6.07 Å². The number of rotatable bonds is 5. The Bertz CT molecular complexity index is 572. The van der Waals surface area contributed by atoms with Crippen LogP contribution >= 0.6 is 0 Å². The maximum Gasteiger partial charge on any atom is 0.270 e. The Kier molecular flexibility index (Phi) is 4.65. The average molecular weight is 271 g/mol. The van der Waals surface area contributed by atoms with Gasteiger partial charge < -0.3 is 10.1 Å². The van der Waals surface area contributed by atoms with E-state index in [0.717, 1.165) is 5.69 Å². The fraction of sp³-hybridized carbons (Fsp3) is 0.267. The van der Waals surface area contributed by atoms with Crippen molar-refractivity contribution in [2.75, 3.05) is 6.54 Å². The monoisotopic (exact) mass is 271 g/mol. The average Bonchev–Trinajstić information content (AvgIpc) is 2.46. The van der Waals surface area contributed by atoms with E-state index in [1.807, 2.05) is 32.0 Å². The zero-order chi connectivity index (χ0) is 14.4. The first-order valence-corrected chi connectivity index (χ1v) is 6.43. The van der Waals surface area contributed by atoms with E-state index in [9.17, 15) is 4.79 Å². The number of ether oxygens (including phenoxy) is 1. The number of carbonyl (C=O) groups is 1. The summed E-state index contributed by atoms with van der Waals surface area (Å²) in [5, 5.41) is 2.80. The van der Waals surface area contributed by atoms with E-state index in [1.54, 1.807) is 24.5 Å². The SMILES string of the molecule is Cc1cccc(C(=O)NCC(C)Oc2cccnc2)n1. The van der Waals surface area contributed by atoms with Crippen molar-refractivity contribution < 1.29 is 9.53 Å². The Morgan fingerprint density at radius 1 is 1.35 bits per heavy atom. The fourth-order valence-corrected chi connectivity index (χ4v) is 1.69. The van der Waals surface area contributed by atoms with Gasteiger partial charge in [0.1, 0.15) is 17.5 Å². The summed E-state index contributed by atoms with van der Waals surface area (Å²) in [4.78, 5) is 20.1. The van der Waals surface area contributed by atoms with E-state index in [2.05, 4.69) is 15.3 Å². The lowest BCUT2D eigenvalue weighted by Gasteiger charge is -2.15. The van der Waals surface area contributed by atoms with Gasteiger partial charge in [0.15, 0.2) is 0 Å². The molecule has 0 radical (unpaired) electrons. The molecule has 0 aromatic carbocycles. The second-order valence-corrected chi connectivity index (χ2v) is 4.49. The standard InChI is InChI=1S/C15H17N3O2/c1-11-5-3-7-14(18-11)15(19)17-9-12(2)20-13-6-4-8-16-10-13/h3-8,10,12H,9H2,1-2H3,(H,17,19). The van der Waals surface area contributed by atoms with Crippen molar-refractivity contribution in [3.05, 3.63) is 54.1 Å². The zero-order valence-electron chi connectivity index (χ0n) is 11.5. The highest BCUT2D eigenvalue weighted by Crippen LogP contribution is 2.08. The second kappa shape index (κ2) is 6.65. The Morgan fingerprint density at radius 2 is 2.20 bits per heavy atom. The Morgan fingerprint density at radius 3 is 2.90 bits per heavy atom. The van der Waals surface area contributed by atoms with Gasteiger partial charge in [-0.3, -0.25) is 9.78 Å². The van der Waals surface area contributed by atoms with E-state index >= 15 is 0 Å². The number of amides is 1. The lowest BCUT2D eigenvalue weighted by molar-refractivity contribution is 0.0927. The summed E-state index contributed by atoms with van der Waals surface area (Å²) in [6.07, 6.45) is 3.18. The normalized spacial score (nSPS) is 11.7. The predicted molar refractivity (Wildman–Crippen MR) is 75.6 cm³/mol. The lowest BCUT2D eigenvalue weighted by atomic mass is 10.3. The highest BCUT2D eigenvalue weighted by atomic mass is 16.5. The molecule has 2 heterocycles. The van der Waals surface area contributed by atoms with Crippen LogP contribution in [0.5, 0.6) is 5.75 Å². The van der Waals surface area contributed by atoms with Gasteiger partial charge in [0, 0.05) is 11.9 Å². The summed E-state index contributed by atoms with van der Waals surface area (Å²) in [5.74, 6) is 0.485. The first-order chi connectivity index (χ1) is 9.65. The highest BCUT2D eigenvalue weighted by molar-refractivity contribution is 5.92. The van der Waals surface area contributed by atoms with E-state index in [1.165, 1.54) is 0 Å². The van der Waals surface area contributed by atoms with Gasteiger partial charge in [0.05, 0.1) is 12.7 Å². The minimum Gasteiger partial charge on any atom is -0.487 e. The molecule has 1 unspecified atom stereocenters. The summed E-state index contributed by atoms with van der Waals surface area (Å²) < 4.78 is 5.63. The van der Waals surface area contributed by atoms with Gasteiger partial charge in [0.2, 0.25) is 0 Å². The molecule has 5 heteroatoms. The molecular formula is C15H17N3O2. The molecular weight excluding hydrogens is 254 g/mol. The topological polar surface area (TPSA) is 64.1 Å². The summed E-state index contributed by atoms with van der Waals surface area (Å²) in [6.45, 7) is 4.14. The maximum absolute atomic E-state index is 11.9. The van der Waals surface area contributed by atoms with Crippen LogP contribution < -0.4 is 10.1 Å². The molecule has 0 aliphatic carbocycles. The van der Waals surface area contributed by atoms with Crippen molar-refractivity contribution in [2.24, 2.45) is 0 Å². The van der Waals surface area contributed by atoms with Gasteiger partial charge in [0.25, 0.3) is 5.91 Å². The number of nitrogens with one attached hydrogen (secondary N) is 1. The van der Waals surface area contributed by atoms with Gasteiger partial charge >= 0.3 is 0 Å². The number of nitrogens with zero attached hydrogens (tertiary/aromatic N) is 2. The van der Waals surface area contributed by atoms with Crippen molar-refractivity contribution in [3.63, 3.8) is 0 Å². The predicted octanol–water partition coefficient (Wildman–Crippen LogP) is 1.98. The molecule has 0 saturated heterocycles. The van der Waals surface area contributed by atoms with Crippen LogP contribution in [-0.4, -0.2) is 28.5 Å². The first kappa shape index (κ1) is 14.0. The number of carbonyl (C=O) groups excluding carboxylic acids is 1. The quantitative estimate of drug-likeness (QED) is 0.903. The summed E-state index contributed by atoms with van der Waals surface area (Å²) >= 11 is 0. The molecule has 0 saturated carbocycles. The molecule has 2 aromatic heterocycles. The largest absolute Gasteiger partial charge is 0.487 e. The molecule has 2 aromatic rings. The number of hydrogen-bond donors (Lipinski definition) is 1. The first-order valence-electron chi connectivity index (χ1n) is 6.43. The van der Waals surface area contributed by atoms with E-state index in [0.29, 0.717) is 18.0 Å². The summed E-state index contributed by atoms with van der Waals surface area (Å²) in [6, 6.07) is 8.98. The van der Waals surface area contributed by atoms with Crippen LogP contribution in [0.4, 0.5) is 0 Å². The second-order valence-electron chi connectivity index (χ2n) is 4.49. The van der Waals surface area contributed by atoms with Crippen LogP contribution in [0.3, 0.4) is 0 Å². The maximum atomic E-state index is 11.9. The van der Waals surface area contributed by atoms with Crippen molar-refractivity contribution in [1.82, 2.24) is 15.3 Å². The summed E-state index contributed by atoms with van der Waals surface area (Å²) in [7, 11) is 0. The third-order valence-corrected chi connectivity index (χ3v) is 2.64. The molecule has 5 nitrogen and oxygen atoms in total. The minimum absolute atomic E-state index is 0.145. The number of pyridine rings is 2. The van der Waals surface area contributed by atoms with Crippen molar-refractivity contribution in [1.29, 1.82) is 0 Å². The molecule has 0 bridgehead atoms. The molecule has 20 heavy (non-hydrogen) atoms. The van der Waals surface area contributed by atoms with Crippen LogP contribution in [-0.2, 0) is 0 Å². The molecule has 0 aliphatic heterocycles. The minimum atomic E-state index is -0.199. The van der Waals surface area contributed by atoms with E-state index < -0.39 is 0 Å². The van der Waals surface area contributed by atoms with Crippen LogP contribution in [0.2, 0.25) is 0 Å². The Labute approximate surface area is 118 Å². The molecule has 0 fully saturated rings. The third-order valence-electron chi connectivity index (χ3n) is 2.64. The molecule has 0 aliphatic rings. The van der Waals surface area contributed by atoms with Gasteiger partial charge in [-0.05, 0) is 38.1 Å². The molecule has 2 rings (SSSR count). The van der Waals surface area contributed by atoms with E-state index in [4.69, 9.17) is 4.74 Å². The summed E-state index contributed by atoms with van der Waals surface area (Å²) in [5.41, 5.74) is 1.23. The Balaban J connectivity index is 1.84. The highest BCUT2D eigenvalue weighted by Gasteiger charge is 2.10. The molecule has 0 spiro atoms. The third kappa shape index (κ3) is 4.05. The van der Waals surface area contributed by atoms with Crippen molar-refractivity contribution in [3.8, 4) is 5.75 Å². The molecule has 1 N–H and O–H groups in total. The zero-order valence-corrected chi connectivity index (χ0v) is 11.5. The van der Waals surface area contributed by atoms with Crippen LogP contribution in [0.25, 0.3) is 0 Å². The van der Waals surface area contributed by atoms with Crippen LogP contribution in [0.1, 0.15) is 23.1 Å². The molecule has 1 amide bonds. The number of hydrogen-bond acceptors (Lipinski definition) is 4. The Hall–Kier alpha value is -2.43.